The van der Waals surface area contributed by atoms with Crippen LogP contribution in [-0.4, -0.2) is 191 Å². The van der Waals surface area contributed by atoms with Crippen molar-refractivity contribution in [1.82, 2.24) is 19.6 Å². The minimum Gasteiger partial charge on any atom is -0.411 e. The van der Waals surface area contributed by atoms with Crippen molar-refractivity contribution in [3.05, 3.63) is 117 Å². The fraction of sp³-hybridized carbons (Fsp3) is 0.467. The minimum absolute atomic E-state index is 0. The van der Waals surface area contributed by atoms with Crippen LogP contribution in [0.1, 0.15) is 128 Å². The Morgan fingerprint density at radius 2 is 0.585 bits per heavy atom. The van der Waals surface area contributed by atoms with E-state index >= 15 is 0 Å². The van der Waals surface area contributed by atoms with Crippen molar-refractivity contribution in [2.75, 3.05) is 105 Å². The first-order valence-corrected chi connectivity index (χ1v) is 27.7. The molecule has 10 rings (SSSR count). The second-order valence-corrected chi connectivity index (χ2v) is 21.1. The first-order chi connectivity index (χ1) is 38.1. The lowest BCUT2D eigenvalue weighted by Gasteiger charge is -2.26. The topological polar surface area (TPSA) is 230 Å². The molecule has 0 amide bonds. The number of ketones is 4. The number of Topliss-reactive ketones (excluding diaryl/α,β-unsaturated/α-hetero) is 4. The molecule has 0 saturated carbocycles. The van der Waals surface area contributed by atoms with E-state index in [0.29, 0.717) is 100 Å². The summed E-state index contributed by atoms with van der Waals surface area (Å²) < 4.78 is 10.7. The van der Waals surface area contributed by atoms with Crippen LogP contribution in [-0.2, 0) is 22.3 Å². The number of hydrogen-bond acceptors (Lipinski definition) is 18. The van der Waals surface area contributed by atoms with E-state index in [1.54, 1.807) is 24.3 Å². The van der Waals surface area contributed by atoms with Gasteiger partial charge in [-0.25, -0.2) is 0 Å². The molecule has 4 N–H and O–H groups in total. The van der Waals surface area contributed by atoms with Gasteiger partial charge in [-0.1, -0.05) is 82.0 Å². The normalized spacial score (nSPS) is 17.7. The Bertz CT molecular complexity index is 2580. The zero-order valence-electron chi connectivity index (χ0n) is 46.2. The molecule has 4 fully saturated rings. The summed E-state index contributed by atoms with van der Waals surface area (Å²) in [6.07, 6.45) is 9.92. The van der Waals surface area contributed by atoms with Gasteiger partial charge in [-0.15, -0.1) is 49.6 Å². The number of piperidine rings is 2. The summed E-state index contributed by atoms with van der Waals surface area (Å²) in [6.45, 7) is 12.7. The molecule has 444 valence electrons. The maximum atomic E-state index is 13.2. The maximum Gasteiger partial charge on any atom is 0.210 e. The van der Waals surface area contributed by atoms with E-state index in [9.17, 15) is 40.0 Å². The number of carbonyl (C=O) groups excluding carboxylic acids is 4. The van der Waals surface area contributed by atoms with Gasteiger partial charge < -0.3 is 40.1 Å². The van der Waals surface area contributed by atoms with E-state index in [1.807, 2.05) is 48.5 Å². The summed E-state index contributed by atoms with van der Waals surface area (Å²) in [5, 5.41) is 51.5. The van der Waals surface area contributed by atoms with Crippen LogP contribution in [0.4, 0.5) is 0 Å². The van der Waals surface area contributed by atoms with Crippen LogP contribution >= 0.6 is 49.6 Å². The van der Waals surface area contributed by atoms with Gasteiger partial charge in [0.2, 0.25) is 23.1 Å². The van der Waals surface area contributed by atoms with E-state index in [4.69, 9.17) is 9.47 Å². The van der Waals surface area contributed by atoms with Crippen molar-refractivity contribution in [1.29, 1.82) is 0 Å². The van der Waals surface area contributed by atoms with Crippen LogP contribution in [0.5, 0.6) is 0 Å². The van der Waals surface area contributed by atoms with E-state index in [0.717, 1.165) is 110 Å². The number of hydrogen-bond donors (Lipinski definition) is 4. The average molecular weight is 1210 g/mol. The molecule has 4 aromatic rings. The van der Waals surface area contributed by atoms with Gasteiger partial charge in [0.15, 0.2) is 0 Å². The molecule has 0 aromatic heterocycles. The van der Waals surface area contributed by atoms with Crippen LogP contribution in [0.15, 0.2) is 93.4 Å². The second kappa shape index (κ2) is 33.0. The highest BCUT2D eigenvalue weighted by Gasteiger charge is 2.28. The van der Waals surface area contributed by atoms with Gasteiger partial charge in [0.05, 0.1) is 26.4 Å². The molecule has 0 unspecified atom stereocenters. The van der Waals surface area contributed by atoms with E-state index in [-0.39, 0.29) is 95.6 Å². The number of morpholine rings is 2. The predicted molar refractivity (Wildman–Crippen MR) is 326 cm³/mol. The summed E-state index contributed by atoms with van der Waals surface area (Å²) >= 11 is 0. The van der Waals surface area contributed by atoms with Gasteiger partial charge >= 0.3 is 0 Å². The molecular formula is C60H76Cl4N8O10. The molecule has 18 nitrogen and oxygen atoms in total. The van der Waals surface area contributed by atoms with Crippen LogP contribution in [0.3, 0.4) is 0 Å². The van der Waals surface area contributed by atoms with Crippen molar-refractivity contribution in [2.24, 2.45) is 20.6 Å². The van der Waals surface area contributed by atoms with Crippen molar-refractivity contribution in [3.63, 3.8) is 0 Å². The SMILES string of the molecule is Cl.Cl.Cl.Cl.O=C(/C(CCN1CCCCC1)=N\O)c1ccc2c(c1)Cc1cc(C(=O)/C(CCN3CCCCC3)=N\O)ccc1-2.O=C(/C(CCN1CCOCC1)=N\O)c1ccc2c(c1)Cc1cc(C(=O)/C(CCN3CCOCC3)=N\O)ccc1-2. The summed E-state index contributed by atoms with van der Waals surface area (Å²) in [5.74, 6) is -1.07. The van der Waals surface area contributed by atoms with Crippen LogP contribution in [0.2, 0.25) is 0 Å². The second-order valence-electron chi connectivity index (χ2n) is 21.1. The van der Waals surface area contributed by atoms with Crippen molar-refractivity contribution < 1.29 is 49.5 Å². The zero-order valence-corrected chi connectivity index (χ0v) is 49.4. The summed E-state index contributed by atoms with van der Waals surface area (Å²) in [7, 11) is 0. The van der Waals surface area contributed by atoms with Crippen LogP contribution < -0.4 is 0 Å². The first kappa shape index (κ1) is 67.2. The highest BCUT2D eigenvalue weighted by molar-refractivity contribution is 6.47. The molecule has 4 aromatic carbocycles. The quantitative estimate of drug-likeness (QED) is 0.0242. The van der Waals surface area contributed by atoms with Gasteiger partial charge in [0.25, 0.3) is 0 Å². The number of halogens is 4. The van der Waals surface area contributed by atoms with Crippen molar-refractivity contribution in [2.45, 2.75) is 77.0 Å². The fourth-order valence-electron chi connectivity index (χ4n) is 11.6. The monoisotopic (exact) mass is 1210 g/mol. The van der Waals surface area contributed by atoms with E-state index < -0.39 is 0 Å². The van der Waals surface area contributed by atoms with E-state index in [2.05, 4.69) is 40.2 Å². The Hall–Kier alpha value is -5.64. The summed E-state index contributed by atoms with van der Waals surface area (Å²) in [6, 6.07) is 22.3. The Morgan fingerprint density at radius 1 is 0.354 bits per heavy atom. The molecule has 4 aliphatic heterocycles. The van der Waals surface area contributed by atoms with Gasteiger partial charge in [0, 0.05) is 100 Å². The molecule has 22 heteroatoms. The number of benzene rings is 4. The minimum atomic E-state index is -0.288. The molecule has 0 bridgehead atoms. The van der Waals surface area contributed by atoms with Gasteiger partial charge in [-0.2, -0.15) is 0 Å². The van der Waals surface area contributed by atoms with Crippen LogP contribution in [0, 0.1) is 0 Å². The number of ether oxygens (including phenoxy) is 2. The third-order valence-corrected chi connectivity index (χ3v) is 16.1. The molecule has 4 heterocycles. The number of rotatable bonds is 20. The average Bonchev–Trinajstić information content (AvgIpc) is 4.19. The number of nitrogens with zero attached hydrogens (tertiary/aromatic N) is 8. The number of fused-ring (bicyclic) bond motifs is 6. The lowest BCUT2D eigenvalue weighted by molar-refractivity contribution is 0.0390. The third-order valence-electron chi connectivity index (χ3n) is 16.1. The largest absolute Gasteiger partial charge is 0.411 e. The Balaban J connectivity index is 0.000000287. The summed E-state index contributed by atoms with van der Waals surface area (Å²) in [4.78, 5) is 61.6. The number of oxime groups is 4. The molecule has 4 saturated heterocycles. The molecule has 2 aliphatic carbocycles. The lowest BCUT2D eigenvalue weighted by Crippen LogP contribution is -2.38. The highest BCUT2D eigenvalue weighted by Crippen LogP contribution is 2.39. The van der Waals surface area contributed by atoms with E-state index in [1.165, 1.54) is 38.5 Å². The molecule has 0 atom stereocenters. The zero-order chi connectivity index (χ0) is 54.4. The molecule has 0 radical (unpaired) electrons. The Morgan fingerprint density at radius 3 is 0.817 bits per heavy atom. The third kappa shape index (κ3) is 16.8. The molecule has 0 spiro atoms. The van der Waals surface area contributed by atoms with Crippen molar-refractivity contribution >= 4 is 95.6 Å². The Kier molecular flexibility index (Phi) is 27.0. The first-order valence-electron chi connectivity index (χ1n) is 27.7. The number of carbonyl (C=O) groups is 4. The lowest BCUT2D eigenvalue weighted by atomic mass is 9.97. The standard InChI is InChI=1S/C31H38N4O4.C29H34N4O6.4ClH/c36-30(28(32-38)11-17-34-13-3-1-4-14-34)22-7-9-26-24(19-22)21-25-20-23(8-10-27(25)26)31(37)29(33-39)12-18-35-15-5-2-6-16-35;34-28(26(30-36)5-7-32-9-13-38-14-10-32)20-1-3-24-22(17-20)19-23-18-21(2-4-25(23)24)29(35)27(31-37)6-8-33-11-15-39-16-12-33;;;;/h7-10,19-20,38-39H,1-6,11-18,21H2;1-4,17-18,36-37H,5-16,19H2;4*1H/b32-28-,33-29-;30-26-,31-27-;;;;. The molecule has 6 aliphatic rings. The smallest absolute Gasteiger partial charge is 0.210 e. The van der Waals surface area contributed by atoms with Crippen LogP contribution in [0.25, 0.3) is 22.3 Å². The molecule has 82 heavy (non-hydrogen) atoms. The number of likely N-dealkylation sites (tertiary alicyclic amines) is 2. The Labute approximate surface area is 504 Å². The fourth-order valence-corrected chi connectivity index (χ4v) is 11.6. The molecular weight excluding hydrogens is 1130 g/mol. The summed E-state index contributed by atoms with van der Waals surface area (Å²) in [5.41, 5.74) is 10.7. The highest BCUT2D eigenvalue weighted by atomic mass is 35.5. The predicted octanol–water partition coefficient (Wildman–Crippen LogP) is 9.45. The van der Waals surface area contributed by atoms with Crippen molar-refractivity contribution in [3.8, 4) is 22.3 Å². The van der Waals surface area contributed by atoms with Gasteiger partial charge in [0.1, 0.15) is 22.8 Å². The van der Waals surface area contributed by atoms with Gasteiger partial charge in [-0.05, 0) is 133 Å². The van der Waals surface area contributed by atoms with Gasteiger partial charge in [-0.3, -0.25) is 29.0 Å². The maximum absolute atomic E-state index is 13.2.